The highest BCUT2D eigenvalue weighted by Crippen LogP contribution is 2.31. The molecule has 0 aromatic carbocycles. The van der Waals surface area contributed by atoms with Crippen LogP contribution in [0.5, 0.6) is 0 Å². The maximum absolute atomic E-state index is 15.0. The first-order chi connectivity index (χ1) is 16.1. The number of nitriles is 1. The predicted octanol–water partition coefficient (Wildman–Crippen LogP) is 1.14. The van der Waals surface area contributed by atoms with Crippen molar-refractivity contribution in [3.8, 4) is 17.3 Å². The SMILES string of the molecule is N#CC1(N2CC[C@H](Nc3nc(N)c4c(-c5ccn6nccc6n5)ccn4n3)[C@H](F)C2)COC1. The molecule has 0 saturated carbocycles. The Balaban J connectivity index is 1.24. The van der Waals surface area contributed by atoms with Gasteiger partial charge in [-0.2, -0.15) is 15.3 Å². The van der Waals surface area contributed by atoms with Crippen molar-refractivity contribution in [2.75, 3.05) is 37.4 Å². The topological polar surface area (TPSA) is 135 Å². The fourth-order valence-corrected chi connectivity index (χ4v) is 4.52. The zero-order valence-corrected chi connectivity index (χ0v) is 17.6. The van der Waals surface area contributed by atoms with E-state index < -0.39 is 17.8 Å². The molecule has 12 heteroatoms. The maximum atomic E-state index is 15.0. The minimum absolute atomic E-state index is 0.155. The van der Waals surface area contributed by atoms with E-state index in [1.54, 1.807) is 21.4 Å². The average molecular weight is 448 g/mol. The zero-order chi connectivity index (χ0) is 22.6. The molecular formula is C21H21FN10O. The smallest absolute Gasteiger partial charge is 0.243 e. The van der Waals surface area contributed by atoms with E-state index in [9.17, 15) is 9.65 Å². The normalized spacial score (nSPS) is 22.8. The lowest BCUT2D eigenvalue weighted by Gasteiger charge is -2.48. The minimum atomic E-state index is -1.18. The van der Waals surface area contributed by atoms with Gasteiger partial charge in [-0.05, 0) is 18.6 Å². The van der Waals surface area contributed by atoms with E-state index in [0.29, 0.717) is 31.7 Å². The summed E-state index contributed by atoms with van der Waals surface area (Å²) < 4.78 is 23.5. The van der Waals surface area contributed by atoms with Crippen LogP contribution in [-0.4, -0.2) is 78.2 Å². The van der Waals surface area contributed by atoms with Crippen molar-refractivity contribution < 1.29 is 9.13 Å². The van der Waals surface area contributed by atoms with Crippen LogP contribution in [0.3, 0.4) is 0 Å². The molecule has 3 N–H and O–H groups in total. The molecular weight excluding hydrogens is 427 g/mol. The Labute approximate surface area is 187 Å². The van der Waals surface area contributed by atoms with Gasteiger partial charge in [-0.15, -0.1) is 5.10 Å². The number of fused-ring (bicyclic) bond motifs is 2. The van der Waals surface area contributed by atoms with Crippen LogP contribution >= 0.6 is 0 Å². The molecule has 0 radical (unpaired) electrons. The van der Waals surface area contributed by atoms with Crippen LogP contribution in [0.2, 0.25) is 0 Å². The number of likely N-dealkylation sites (tertiary alicyclic amines) is 1. The summed E-state index contributed by atoms with van der Waals surface area (Å²) >= 11 is 0. The van der Waals surface area contributed by atoms with E-state index in [1.807, 2.05) is 29.3 Å². The van der Waals surface area contributed by atoms with Crippen molar-refractivity contribution in [2.24, 2.45) is 0 Å². The number of ether oxygens (including phenoxy) is 1. The van der Waals surface area contributed by atoms with Crippen LogP contribution in [0, 0.1) is 11.3 Å². The third-order valence-electron chi connectivity index (χ3n) is 6.42. The Hall–Kier alpha value is -3.82. The van der Waals surface area contributed by atoms with E-state index in [-0.39, 0.29) is 18.3 Å². The molecule has 4 aromatic heterocycles. The molecule has 0 unspecified atom stereocenters. The number of piperidine rings is 1. The van der Waals surface area contributed by atoms with Gasteiger partial charge in [0, 0.05) is 37.1 Å². The van der Waals surface area contributed by atoms with Crippen molar-refractivity contribution in [3.05, 3.63) is 36.8 Å². The number of hydrogen-bond donors (Lipinski definition) is 2. The first-order valence-electron chi connectivity index (χ1n) is 10.7. The lowest BCUT2D eigenvalue weighted by molar-refractivity contribution is -0.121. The highest BCUT2D eigenvalue weighted by molar-refractivity contribution is 5.86. The molecule has 0 bridgehead atoms. The number of anilines is 2. The third-order valence-corrected chi connectivity index (χ3v) is 6.42. The zero-order valence-electron chi connectivity index (χ0n) is 17.6. The van der Waals surface area contributed by atoms with Crippen LogP contribution in [-0.2, 0) is 4.74 Å². The van der Waals surface area contributed by atoms with E-state index in [4.69, 9.17) is 10.5 Å². The number of alkyl halides is 1. The number of halogens is 1. The Morgan fingerprint density at radius 3 is 2.82 bits per heavy atom. The van der Waals surface area contributed by atoms with Crippen LogP contribution < -0.4 is 11.1 Å². The number of nitrogen functional groups attached to an aromatic ring is 1. The molecule has 0 spiro atoms. The van der Waals surface area contributed by atoms with Crippen molar-refractivity contribution in [1.82, 2.24) is 34.1 Å². The van der Waals surface area contributed by atoms with Gasteiger partial charge in [0.15, 0.2) is 17.0 Å². The molecule has 0 aliphatic carbocycles. The molecule has 11 nitrogen and oxygen atoms in total. The lowest BCUT2D eigenvalue weighted by atomic mass is 9.92. The second kappa shape index (κ2) is 7.36. The first-order valence-corrected chi connectivity index (χ1v) is 10.7. The minimum Gasteiger partial charge on any atom is -0.382 e. The number of aromatic nitrogens is 6. The molecule has 2 saturated heterocycles. The number of nitrogens with zero attached hydrogens (tertiary/aromatic N) is 8. The summed E-state index contributed by atoms with van der Waals surface area (Å²) in [4.78, 5) is 10.9. The van der Waals surface area contributed by atoms with Crippen LogP contribution in [0.4, 0.5) is 16.2 Å². The standard InChI is InChI=1S/C21H21FN10O/c22-14-9-30(21(10-23)11-33-12-21)6-3-16(14)27-20-28-19(24)18-13(2-7-32(18)29-20)15-4-8-31-17(26-15)1-5-25-31/h1-2,4-5,7-8,14,16H,3,6,9,11-12H2,(H3,24,27,28,29)/t14-,16+/m1/s1. The number of nitrogens with two attached hydrogens (primary N) is 1. The molecule has 4 aromatic rings. The van der Waals surface area contributed by atoms with Crippen molar-refractivity contribution in [2.45, 2.75) is 24.2 Å². The Kier molecular flexibility index (Phi) is 4.42. The van der Waals surface area contributed by atoms with Gasteiger partial charge in [0.25, 0.3) is 0 Å². The number of rotatable bonds is 4. The van der Waals surface area contributed by atoms with E-state index in [0.717, 1.165) is 16.9 Å². The highest BCUT2D eigenvalue weighted by atomic mass is 19.1. The lowest BCUT2D eigenvalue weighted by Crippen LogP contribution is -2.65. The Morgan fingerprint density at radius 1 is 1.21 bits per heavy atom. The molecule has 6 rings (SSSR count). The molecule has 2 aliphatic rings. The van der Waals surface area contributed by atoms with Crippen LogP contribution in [0.25, 0.3) is 22.4 Å². The van der Waals surface area contributed by atoms with Gasteiger partial charge < -0.3 is 15.8 Å². The van der Waals surface area contributed by atoms with Gasteiger partial charge in [0.2, 0.25) is 5.95 Å². The van der Waals surface area contributed by atoms with Crippen molar-refractivity contribution >= 4 is 22.9 Å². The number of nitrogens with one attached hydrogen (secondary N) is 1. The summed E-state index contributed by atoms with van der Waals surface area (Å²) in [7, 11) is 0. The molecule has 2 aliphatic heterocycles. The van der Waals surface area contributed by atoms with E-state index in [2.05, 4.69) is 31.6 Å². The summed E-state index contributed by atoms with van der Waals surface area (Å²) in [5.41, 5.74) is 8.45. The molecule has 2 fully saturated rings. The molecule has 168 valence electrons. The van der Waals surface area contributed by atoms with Crippen molar-refractivity contribution in [3.63, 3.8) is 0 Å². The second-order valence-corrected chi connectivity index (χ2v) is 8.43. The maximum Gasteiger partial charge on any atom is 0.243 e. The first kappa shape index (κ1) is 19.8. The van der Waals surface area contributed by atoms with Crippen LogP contribution in [0.15, 0.2) is 36.8 Å². The monoisotopic (exact) mass is 448 g/mol. The third kappa shape index (κ3) is 3.16. The number of hydrogen-bond acceptors (Lipinski definition) is 9. The average Bonchev–Trinajstić information content (AvgIpc) is 3.42. The fourth-order valence-electron chi connectivity index (χ4n) is 4.52. The van der Waals surface area contributed by atoms with Gasteiger partial charge in [0.1, 0.15) is 11.7 Å². The molecule has 33 heavy (non-hydrogen) atoms. The van der Waals surface area contributed by atoms with Gasteiger partial charge in [-0.3, -0.25) is 4.90 Å². The van der Waals surface area contributed by atoms with Gasteiger partial charge in [0.05, 0.1) is 37.2 Å². The largest absolute Gasteiger partial charge is 0.382 e. The highest BCUT2D eigenvalue weighted by Gasteiger charge is 2.47. The van der Waals surface area contributed by atoms with Gasteiger partial charge in [-0.1, -0.05) is 0 Å². The quantitative estimate of drug-likeness (QED) is 0.471. The second-order valence-electron chi connectivity index (χ2n) is 8.43. The Morgan fingerprint density at radius 2 is 2.06 bits per heavy atom. The van der Waals surface area contributed by atoms with E-state index >= 15 is 0 Å². The van der Waals surface area contributed by atoms with E-state index in [1.165, 1.54) is 0 Å². The summed E-state index contributed by atoms with van der Waals surface area (Å²) in [6, 6.07) is 7.35. The summed E-state index contributed by atoms with van der Waals surface area (Å²) in [5.74, 6) is 0.523. The fraction of sp³-hybridized carbons (Fsp3) is 0.381. The molecule has 0 amide bonds. The summed E-state index contributed by atoms with van der Waals surface area (Å²) in [5, 5.41) is 21.2. The van der Waals surface area contributed by atoms with Crippen molar-refractivity contribution in [1.29, 1.82) is 5.26 Å². The molecule has 2 atom stereocenters. The predicted molar refractivity (Wildman–Crippen MR) is 117 cm³/mol. The molecule has 6 heterocycles. The van der Waals surface area contributed by atoms with Gasteiger partial charge in [-0.25, -0.2) is 18.4 Å². The summed E-state index contributed by atoms with van der Waals surface area (Å²) in [6.45, 7) is 1.39. The Bertz CT molecular complexity index is 1390. The summed E-state index contributed by atoms with van der Waals surface area (Å²) in [6.07, 6.45) is 4.62. The van der Waals surface area contributed by atoms with Gasteiger partial charge >= 0.3 is 0 Å². The van der Waals surface area contributed by atoms with Crippen LogP contribution in [0.1, 0.15) is 6.42 Å².